The van der Waals surface area contributed by atoms with E-state index in [1.807, 2.05) is 19.1 Å². The number of benzene rings is 1. The summed E-state index contributed by atoms with van der Waals surface area (Å²) in [5, 5.41) is 0. The molecule has 0 aliphatic heterocycles. The van der Waals surface area contributed by atoms with Crippen molar-refractivity contribution in [1.29, 1.82) is 0 Å². The Morgan fingerprint density at radius 3 is 2.65 bits per heavy atom. The number of aryl methyl sites for hydroxylation is 1. The minimum absolute atomic E-state index is 0.0710. The Labute approximate surface area is 103 Å². The Balaban J connectivity index is 2.60. The van der Waals surface area contributed by atoms with Crippen LogP contribution in [0.15, 0.2) is 18.2 Å². The van der Waals surface area contributed by atoms with Gasteiger partial charge in [-0.2, -0.15) is 5.48 Å². The van der Waals surface area contributed by atoms with Gasteiger partial charge in [-0.05, 0) is 19.9 Å². The molecular weight excluding hydrogens is 218 g/mol. The number of ether oxygens (including phenoxy) is 2. The van der Waals surface area contributed by atoms with Crippen LogP contribution < -0.4 is 10.2 Å². The van der Waals surface area contributed by atoms with Gasteiger partial charge in [0.25, 0.3) is 0 Å². The van der Waals surface area contributed by atoms with Gasteiger partial charge >= 0.3 is 0 Å². The monoisotopic (exact) mass is 239 g/mol. The number of methoxy groups -OCH3 is 2. The first-order valence-corrected chi connectivity index (χ1v) is 5.69. The maximum atomic E-state index is 5.33. The van der Waals surface area contributed by atoms with Gasteiger partial charge in [-0.25, -0.2) is 0 Å². The summed E-state index contributed by atoms with van der Waals surface area (Å²) in [4.78, 5) is 5.30. The maximum Gasteiger partial charge on any atom is 0.123 e. The van der Waals surface area contributed by atoms with Crippen LogP contribution in [0.25, 0.3) is 0 Å². The van der Waals surface area contributed by atoms with E-state index in [1.54, 1.807) is 14.2 Å². The Kier molecular flexibility index (Phi) is 5.97. The van der Waals surface area contributed by atoms with Crippen molar-refractivity contribution in [3.05, 3.63) is 29.3 Å². The van der Waals surface area contributed by atoms with Crippen molar-refractivity contribution >= 4 is 0 Å². The average molecular weight is 239 g/mol. The highest BCUT2D eigenvalue weighted by molar-refractivity contribution is 5.38. The van der Waals surface area contributed by atoms with Crippen molar-refractivity contribution < 1.29 is 14.3 Å². The molecular formula is C13H21NO3. The van der Waals surface area contributed by atoms with Crippen LogP contribution in [0.3, 0.4) is 0 Å². The van der Waals surface area contributed by atoms with E-state index >= 15 is 0 Å². The molecule has 1 aromatic rings. The number of hydroxylamine groups is 1. The molecule has 0 bridgehead atoms. The quantitative estimate of drug-likeness (QED) is 0.585. The topological polar surface area (TPSA) is 39.7 Å². The van der Waals surface area contributed by atoms with E-state index in [0.29, 0.717) is 13.2 Å². The molecule has 0 heterocycles. The van der Waals surface area contributed by atoms with E-state index < -0.39 is 0 Å². The van der Waals surface area contributed by atoms with Gasteiger partial charge in [0.05, 0.1) is 26.4 Å². The molecule has 4 nitrogen and oxygen atoms in total. The predicted octanol–water partition coefficient (Wildman–Crippen LogP) is 2.23. The van der Waals surface area contributed by atoms with Crippen LogP contribution in [-0.2, 0) is 9.57 Å². The normalized spacial score (nSPS) is 12.5. The lowest BCUT2D eigenvalue weighted by atomic mass is 10.1. The van der Waals surface area contributed by atoms with E-state index in [9.17, 15) is 0 Å². The minimum Gasteiger partial charge on any atom is -0.496 e. The summed E-state index contributed by atoms with van der Waals surface area (Å²) in [5.74, 6) is 0.867. The molecule has 0 saturated heterocycles. The molecule has 0 aromatic heterocycles. The molecule has 0 saturated carbocycles. The molecule has 4 heteroatoms. The fraction of sp³-hybridized carbons (Fsp3) is 0.538. The molecule has 1 rings (SSSR count). The summed E-state index contributed by atoms with van der Waals surface area (Å²) in [6, 6.07) is 6.16. The smallest absolute Gasteiger partial charge is 0.123 e. The zero-order chi connectivity index (χ0) is 12.7. The molecule has 0 fully saturated rings. The SMILES string of the molecule is COCCONC(C)c1cc(C)ccc1OC. The zero-order valence-electron chi connectivity index (χ0n) is 10.9. The van der Waals surface area contributed by atoms with E-state index in [-0.39, 0.29) is 6.04 Å². The number of nitrogens with one attached hydrogen (secondary N) is 1. The van der Waals surface area contributed by atoms with Crippen molar-refractivity contribution in [3.63, 3.8) is 0 Å². The van der Waals surface area contributed by atoms with Gasteiger partial charge in [0.15, 0.2) is 0 Å². The molecule has 0 amide bonds. The van der Waals surface area contributed by atoms with Gasteiger partial charge in [0.1, 0.15) is 5.75 Å². The molecule has 1 N–H and O–H groups in total. The molecule has 0 spiro atoms. The fourth-order valence-corrected chi connectivity index (χ4v) is 1.56. The first kappa shape index (κ1) is 14.0. The lowest BCUT2D eigenvalue weighted by Gasteiger charge is -2.17. The Bertz CT molecular complexity index is 341. The van der Waals surface area contributed by atoms with E-state index in [2.05, 4.69) is 18.5 Å². The predicted molar refractivity (Wildman–Crippen MR) is 67.1 cm³/mol. The van der Waals surface area contributed by atoms with Crippen LogP contribution in [0.1, 0.15) is 24.1 Å². The second-order valence-electron chi connectivity index (χ2n) is 3.93. The fourth-order valence-electron chi connectivity index (χ4n) is 1.56. The summed E-state index contributed by atoms with van der Waals surface area (Å²) >= 11 is 0. The molecule has 96 valence electrons. The molecule has 1 atom stereocenters. The first-order valence-electron chi connectivity index (χ1n) is 5.69. The van der Waals surface area contributed by atoms with Gasteiger partial charge in [-0.15, -0.1) is 0 Å². The van der Waals surface area contributed by atoms with Crippen molar-refractivity contribution in [2.75, 3.05) is 27.4 Å². The number of hydrogen-bond donors (Lipinski definition) is 1. The average Bonchev–Trinajstić information content (AvgIpc) is 2.34. The summed E-state index contributed by atoms with van der Waals surface area (Å²) in [5.41, 5.74) is 5.26. The van der Waals surface area contributed by atoms with Gasteiger partial charge in [0.2, 0.25) is 0 Å². The van der Waals surface area contributed by atoms with Crippen molar-refractivity contribution in [3.8, 4) is 5.75 Å². The zero-order valence-corrected chi connectivity index (χ0v) is 10.9. The van der Waals surface area contributed by atoms with Crippen LogP contribution >= 0.6 is 0 Å². The minimum atomic E-state index is 0.0710. The Morgan fingerprint density at radius 1 is 1.24 bits per heavy atom. The Hall–Kier alpha value is -1.10. The van der Waals surface area contributed by atoms with Gasteiger partial charge in [-0.3, -0.25) is 4.84 Å². The molecule has 0 radical (unpaired) electrons. The van der Waals surface area contributed by atoms with Crippen molar-refractivity contribution in [2.24, 2.45) is 0 Å². The van der Waals surface area contributed by atoms with Crippen molar-refractivity contribution in [1.82, 2.24) is 5.48 Å². The van der Waals surface area contributed by atoms with E-state index in [0.717, 1.165) is 11.3 Å². The second kappa shape index (κ2) is 7.27. The highest BCUT2D eigenvalue weighted by Crippen LogP contribution is 2.25. The third-order valence-electron chi connectivity index (χ3n) is 2.50. The summed E-state index contributed by atoms with van der Waals surface area (Å²) in [7, 11) is 3.32. The van der Waals surface area contributed by atoms with Crippen LogP contribution in [-0.4, -0.2) is 27.4 Å². The maximum absolute atomic E-state index is 5.33. The van der Waals surface area contributed by atoms with Crippen molar-refractivity contribution in [2.45, 2.75) is 19.9 Å². The molecule has 1 aromatic carbocycles. The summed E-state index contributed by atoms with van der Waals surface area (Å²) in [6.07, 6.45) is 0. The second-order valence-corrected chi connectivity index (χ2v) is 3.93. The van der Waals surface area contributed by atoms with Crippen LogP contribution in [0.5, 0.6) is 5.75 Å². The van der Waals surface area contributed by atoms with Crippen LogP contribution in [0.4, 0.5) is 0 Å². The molecule has 0 aliphatic carbocycles. The summed E-state index contributed by atoms with van der Waals surface area (Å²) in [6.45, 7) is 5.19. The number of rotatable bonds is 7. The van der Waals surface area contributed by atoms with Gasteiger partial charge in [0, 0.05) is 12.7 Å². The molecule has 0 aliphatic rings. The lowest BCUT2D eigenvalue weighted by molar-refractivity contribution is -0.00957. The molecule has 1 unspecified atom stereocenters. The lowest BCUT2D eigenvalue weighted by Crippen LogP contribution is -2.21. The van der Waals surface area contributed by atoms with E-state index in [1.165, 1.54) is 5.56 Å². The Morgan fingerprint density at radius 2 is 2.00 bits per heavy atom. The number of hydrogen-bond acceptors (Lipinski definition) is 4. The van der Waals surface area contributed by atoms with Gasteiger partial charge in [-0.1, -0.05) is 17.7 Å². The van der Waals surface area contributed by atoms with Crippen LogP contribution in [0, 0.1) is 6.92 Å². The van der Waals surface area contributed by atoms with Crippen LogP contribution in [0.2, 0.25) is 0 Å². The largest absolute Gasteiger partial charge is 0.496 e. The van der Waals surface area contributed by atoms with E-state index in [4.69, 9.17) is 14.3 Å². The summed E-state index contributed by atoms with van der Waals surface area (Å²) < 4.78 is 10.2. The van der Waals surface area contributed by atoms with Gasteiger partial charge < -0.3 is 9.47 Å². The highest BCUT2D eigenvalue weighted by Gasteiger charge is 2.11. The highest BCUT2D eigenvalue weighted by atomic mass is 16.7. The third-order valence-corrected chi connectivity index (χ3v) is 2.50. The molecule has 17 heavy (non-hydrogen) atoms. The third kappa shape index (κ3) is 4.34. The standard InChI is InChI=1S/C13H21NO3/c1-10-5-6-13(16-4)12(9-10)11(2)14-17-8-7-15-3/h5-6,9,11,14H,7-8H2,1-4H3. The first-order chi connectivity index (χ1) is 8.19.